The Bertz CT molecular complexity index is 613. The fourth-order valence-corrected chi connectivity index (χ4v) is 2.68. The Balaban J connectivity index is 2.03. The highest BCUT2D eigenvalue weighted by atomic mass is 19.4. The quantitative estimate of drug-likeness (QED) is 0.590. The number of alkyl halides is 3. The van der Waals surface area contributed by atoms with Crippen LogP contribution in [0.25, 0.3) is 0 Å². The SMILES string of the molecule is C=CC(=O)N1CCC(CN=C)(OCc2ccc(C(F)(F)F)cc2)C1. The van der Waals surface area contributed by atoms with Crippen molar-refractivity contribution in [2.24, 2.45) is 4.99 Å². The first-order chi connectivity index (χ1) is 11.3. The van der Waals surface area contributed by atoms with Gasteiger partial charge in [0.15, 0.2) is 0 Å². The Hall–Kier alpha value is -2.15. The van der Waals surface area contributed by atoms with Crippen molar-refractivity contribution < 1.29 is 22.7 Å². The molecule has 7 heteroatoms. The molecule has 1 saturated heterocycles. The molecule has 24 heavy (non-hydrogen) atoms. The molecule has 2 rings (SSSR count). The molecule has 1 aliphatic rings. The standard InChI is InChI=1S/C17H19F3N2O2/c1-3-15(23)22-9-8-16(12-22,11-21-2)24-10-13-4-6-14(7-5-13)17(18,19)20/h3-7H,1-2,8-12H2. The van der Waals surface area contributed by atoms with Gasteiger partial charge in [-0.3, -0.25) is 9.79 Å². The van der Waals surface area contributed by atoms with Crippen molar-refractivity contribution in [2.45, 2.75) is 24.8 Å². The Labute approximate surface area is 138 Å². The van der Waals surface area contributed by atoms with Crippen LogP contribution in [0.5, 0.6) is 0 Å². The van der Waals surface area contributed by atoms with Crippen molar-refractivity contribution in [3.8, 4) is 0 Å². The molecule has 130 valence electrons. The summed E-state index contributed by atoms with van der Waals surface area (Å²) in [6.45, 7) is 8.27. The maximum Gasteiger partial charge on any atom is 0.416 e. The van der Waals surface area contributed by atoms with Crippen molar-refractivity contribution >= 4 is 12.6 Å². The van der Waals surface area contributed by atoms with E-state index in [1.54, 1.807) is 4.90 Å². The van der Waals surface area contributed by atoms with Crippen LogP contribution in [0.3, 0.4) is 0 Å². The predicted molar refractivity (Wildman–Crippen MR) is 84.8 cm³/mol. The number of benzene rings is 1. The Morgan fingerprint density at radius 3 is 2.58 bits per heavy atom. The molecule has 1 fully saturated rings. The number of likely N-dealkylation sites (tertiary alicyclic amines) is 1. The highest BCUT2D eigenvalue weighted by Gasteiger charge is 2.40. The van der Waals surface area contributed by atoms with E-state index >= 15 is 0 Å². The van der Waals surface area contributed by atoms with Gasteiger partial charge >= 0.3 is 6.18 Å². The molecular formula is C17H19F3N2O2. The smallest absolute Gasteiger partial charge is 0.366 e. The first-order valence-corrected chi connectivity index (χ1v) is 7.43. The van der Waals surface area contributed by atoms with Gasteiger partial charge in [0.05, 0.1) is 25.3 Å². The van der Waals surface area contributed by atoms with Crippen LogP contribution < -0.4 is 0 Å². The number of aliphatic imine (C=N–C) groups is 1. The molecule has 4 nitrogen and oxygen atoms in total. The van der Waals surface area contributed by atoms with Gasteiger partial charge in [-0.2, -0.15) is 13.2 Å². The van der Waals surface area contributed by atoms with E-state index in [1.807, 2.05) is 0 Å². The van der Waals surface area contributed by atoms with E-state index in [0.29, 0.717) is 31.6 Å². The first-order valence-electron chi connectivity index (χ1n) is 7.43. The number of amides is 1. The molecule has 0 N–H and O–H groups in total. The van der Waals surface area contributed by atoms with E-state index in [-0.39, 0.29) is 12.5 Å². The highest BCUT2D eigenvalue weighted by Crippen LogP contribution is 2.30. The fraction of sp³-hybridized carbons (Fsp3) is 0.412. The predicted octanol–water partition coefficient (Wildman–Crippen LogP) is 3.08. The summed E-state index contributed by atoms with van der Waals surface area (Å²) in [6.07, 6.45) is -2.52. The summed E-state index contributed by atoms with van der Waals surface area (Å²) in [5.74, 6) is -0.181. The summed E-state index contributed by atoms with van der Waals surface area (Å²) in [7, 11) is 0. The van der Waals surface area contributed by atoms with Crippen LogP contribution in [0.1, 0.15) is 17.5 Å². The van der Waals surface area contributed by atoms with Crippen LogP contribution in [-0.4, -0.2) is 42.8 Å². The van der Waals surface area contributed by atoms with Crippen LogP contribution in [-0.2, 0) is 22.3 Å². The fourth-order valence-electron chi connectivity index (χ4n) is 2.68. The number of rotatable bonds is 6. The maximum atomic E-state index is 12.6. The minimum atomic E-state index is -4.36. The molecule has 1 aliphatic heterocycles. The van der Waals surface area contributed by atoms with Crippen LogP contribution in [0, 0.1) is 0 Å². The Morgan fingerprint density at radius 2 is 2.04 bits per heavy atom. The van der Waals surface area contributed by atoms with E-state index < -0.39 is 17.3 Å². The molecule has 0 aliphatic carbocycles. The number of hydrogen-bond acceptors (Lipinski definition) is 3. The van der Waals surface area contributed by atoms with E-state index in [0.717, 1.165) is 12.1 Å². The van der Waals surface area contributed by atoms with Crippen molar-refractivity contribution in [3.63, 3.8) is 0 Å². The second-order valence-electron chi connectivity index (χ2n) is 5.76. The molecule has 1 atom stereocenters. The lowest BCUT2D eigenvalue weighted by Gasteiger charge is -2.28. The van der Waals surface area contributed by atoms with Gasteiger partial charge in [0, 0.05) is 6.54 Å². The number of nitrogens with zero attached hydrogens (tertiary/aromatic N) is 2. The molecule has 1 unspecified atom stereocenters. The van der Waals surface area contributed by atoms with Gasteiger partial charge in [0.2, 0.25) is 5.91 Å². The Kier molecular flexibility index (Phi) is 5.43. The molecule has 0 aromatic heterocycles. The number of hydrogen-bond donors (Lipinski definition) is 0. The summed E-state index contributed by atoms with van der Waals surface area (Å²) in [6, 6.07) is 4.83. The van der Waals surface area contributed by atoms with Crippen LogP contribution >= 0.6 is 0 Å². The largest absolute Gasteiger partial charge is 0.416 e. The van der Waals surface area contributed by atoms with Crippen molar-refractivity contribution in [1.29, 1.82) is 0 Å². The molecule has 1 amide bonds. The Morgan fingerprint density at radius 1 is 1.38 bits per heavy atom. The average Bonchev–Trinajstić information content (AvgIpc) is 2.97. The van der Waals surface area contributed by atoms with Gasteiger partial charge in [-0.05, 0) is 36.9 Å². The van der Waals surface area contributed by atoms with Gasteiger partial charge in [0.1, 0.15) is 5.60 Å². The van der Waals surface area contributed by atoms with Crippen LogP contribution in [0.2, 0.25) is 0 Å². The van der Waals surface area contributed by atoms with Gasteiger partial charge < -0.3 is 9.64 Å². The summed E-state index contributed by atoms with van der Waals surface area (Å²) >= 11 is 0. The van der Waals surface area contributed by atoms with E-state index in [1.165, 1.54) is 18.2 Å². The summed E-state index contributed by atoms with van der Waals surface area (Å²) in [5, 5.41) is 0. The molecule has 1 heterocycles. The maximum absolute atomic E-state index is 12.6. The van der Waals surface area contributed by atoms with Crippen LogP contribution in [0.15, 0.2) is 41.9 Å². The summed E-state index contributed by atoms with van der Waals surface area (Å²) < 4.78 is 43.6. The third-order valence-electron chi connectivity index (χ3n) is 4.03. The van der Waals surface area contributed by atoms with Crippen molar-refractivity contribution in [3.05, 3.63) is 48.0 Å². The van der Waals surface area contributed by atoms with Crippen LogP contribution in [0.4, 0.5) is 13.2 Å². The number of halogens is 3. The zero-order valence-corrected chi connectivity index (χ0v) is 13.2. The normalized spacial score (nSPS) is 20.9. The zero-order chi connectivity index (χ0) is 17.8. The van der Waals surface area contributed by atoms with Crippen molar-refractivity contribution in [1.82, 2.24) is 4.90 Å². The molecule has 1 aromatic carbocycles. The molecule has 1 aromatic rings. The van der Waals surface area contributed by atoms with E-state index in [2.05, 4.69) is 18.3 Å². The molecule has 0 spiro atoms. The monoisotopic (exact) mass is 340 g/mol. The minimum absolute atomic E-state index is 0.143. The van der Waals surface area contributed by atoms with Gasteiger partial charge in [-0.25, -0.2) is 0 Å². The molecule has 0 bridgehead atoms. The lowest BCUT2D eigenvalue weighted by atomic mass is 10.0. The second-order valence-corrected chi connectivity index (χ2v) is 5.76. The summed E-state index contributed by atoms with van der Waals surface area (Å²) in [4.78, 5) is 17.2. The summed E-state index contributed by atoms with van der Waals surface area (Å²) in [5.41, 5.74) is -0.736. The van der Waals surface area contributed by atoms with Gasteiger partial charge in [0.25, 0.3) is 0 Å². The molecular weight excluding hydrogens is 321 g/mol. The third kappa shape index (κ3) is 4.23. The van der Waals surface area contributed by atoms with E-state index in [4.69, 9.17) is 4.74 Å². The molecule has 0 saturated carbocycles. The van der Waals surface area contributed by atoms with E-state index in [9.17, 15) is 18.0 Å². The zero-order valence-electron chi connectivity index (χ0n) is 13.2. The number of carbonyl (C=O) groups excluding carboxylic acids is 1. The lowest BCUT2D eigenvalue weighted by Crippen LogP contribution is -2.40. The second kappa shape index (κ2) is 7.17. The topological polar surface area (TPSA) is 41.9 Å². The van der Waals surface area contributed by atoms with Gasteiger partial charge in [-0.1, -0.05) is 18.7 Å². The number of ether oxygens (including phenoxy) is 1. The highest BCUT2D eigenvalue weighted by molar-refractivity contribution is 5.87. The first kappa shape index (κ1) is 18.2. The van der Waals surface area contributed by atoms with Crippen molar-refractivity contribution in [2.75, 3.05) is 19.6 Å². The number of carbonyl (C=O) groups is 1. The third-order valence-corrected chi connectivity index (χ3v) is 4.03. The molecule has 0 radical (unpaired) electrons. The minimum Gasteiger partial charge on any atom is -0.366 e. The average molecular weight is 340 g/mol. The van der Waals surface area contributed by atoms with Gasteiger partial charge in [-0.15, -0.1) is 0 Å². The lowest BCUT2D eigenvalue weighted by molar-refractivity contribution is -0.137.